The maximum Gasteiger partial charge on any atom is 0.337 e. The first-order valence-electron chi connectivity index (χ1n) is 30.5. The molecule has 446 valence electrons. The van der Waals surface area contributed by atoms with Gasteiger partial charge in [0.25, 0.3) is 0 Å². The van der Waals surface area contributed by atoms with E-state index in [4.69, 9.17) is 19.1 Å². The molecule has 0 bridgehead atoms. The number of unbranched alkanes of at least 4 members (excludes halogenated alkanes) is 2. The molecule has 0 aliphatic carbocycles. The number of carbonyl (C=O) groups excluding carboxylic acids is 4. The minimum Gasteiger partial charge on any atom is -0.465 e. The number of nitrogens with zero attached hydrogens (tertiary/aromatic N) is 4. The highest BCUT2D eigenvalue weighted by Crippen LogP contribution is 2.47. The van der Waals surface area contributed by atoms with E-state index in [9.17, 15) is 19.2 Å². The molecule has 11 atom stereocenters. The summed E-state index contributed by atoms with van der Waals surface area (Å²) in [5, 5.41) is 4.15. The second-order valence-corrected chi connectivity index (χ2v) is 23.8. The molecule has 0 radical (unpaired) electrons. The Labute approximate surface area is 488 Å². The van der Waals surface area contributed by atoms with Crippen molar-refractivity contribution >= 4 is 29.6 Å². The largest absolute Gasteiger partial charge is 0.465 e. The Balaban J connectivity index is 0.000000312. The van der Waals surface area contributed by atoms with Crippen LogP contribution in [0, 0.1) is 17.8 Å². The van der Waals surface area contributed by atoms with Crippen molar-refractivity contribution in [1.82, 2.24) is 20.1 Å². The number of hydrogen-bond acceptors (Lipinski definition) is 12. The number of hydrogen-bond donors (Lipinski definition) is 0. The third kappa shape index (κ3) is 18.5. The fourth-order valence-electron chi connectivity index (χ4n) is 11.3. The zero-order valence-corrected chi connectivity index (χ0v) is 52.1. The van der Waals surface area contributed by atoms with Crippen molar-refractivity contribution in [3.63, 3.8) is 0 Å². The van der Waals surface area contributed by atoms with Gasteiger partial charge in [0.2, 0.25) is 0 Å². The van der Waals surface area contributed by atoms with Gasteiger partial charge in [0, 0.05) is 49.5 Å². The number of benzene rings is 2. The fourth-order valence-corrected chi connectivity index (χ4v) is 11.3. The van der Waals surface area contributed by atoms with Crippen LogP contribution in [0.3, 0.4) is 0 Å². The fraction of sp³-hybridized carbons (Fsp3) is 0.594. The summed E-state index contributed by atoms with van der Waals surface area (Å²) in [4.78, 5) is 74.3. The zero-order chi connectivity index (χ0) is 59.8. The molecule has 4 heterocycles. The molecule has 0 amide bonds. The number of piperidine rings is 2. The number of ketones is 2. The number of ether oxygens (including phenoxy) is 2. The number of aromatic nitrogens is 2. The van der Waals surface area contributed by atoms with Crippen LogP contribution in [-0.2, 0) is 38.3 Å². The van der Waals surface area contributed by atoms with Crippen molar-refractivity contribution in [2.75, 3.05) is 13.2 Å². The van der Waals surface area contributed by atoms with Gasteiger partial charge in [-0.1, -0.05) is 155 Å². The monoisotopic (exact) mass is 1110 g/mol. The lowest BCUT2D eigenvalue weighted by Crippen LogP contribution is -2.67. The van der Waals surface area contributed by atoms with Crippen LogP contribution in [-0.4, -0.2) is 85.1 Å². The Morgan fingerprint density at radius 1 is 0.593 bits per heavy atom. The number of esters is 2. The van der Waals surface area contributed by atoms with Crippen LogP contribution in [0.25, 0.3) is 6.08 Å². The summed E-state index contributed by atoms with van der Waals surface area (Å²) < 4.78 is 11.4. The lowest BCUT2D eigenvalue weighted by atomic mass is 9.70. The van der Waals surface area contributed by atoms with Crippen molar-refractivity contribution in [1.29, 1.82) is 0 Å². The second-order valence-electron chi connectivity index (χ2n) is 23.8. The first-order chi connectivity index (χ1) is 38.6. The van der Waals surface area contributed by atoms with E-state index in [1.165, 1.54) is 11.1 Å². The van der Waals surface area contributed by atoms with E-state index in [1.807, 2.05) is 79.6 Å². The summed E-state index contributed by atoms with van der Waals surface area (Å²) in [5.74, 6) is -0.0837. The zero-order valence-electron chi connectivity index (χ0n) is 52.1. The SMILES string of the molecule is C=Cc1ccncc1.CCCCOC(=O)C(CC(C)c1ccccc1)ON1C(C)(CC)CC(=O)C(C)C1(C)CC.CCCCOC(=O)C(CCC(ON1C(C)(CC)CC(=O)C(C)C1(C)CC)c1ccncc1)CC(C)c1ccccc1. The molecule has 0 saturated carbocycles. The minimum absolute atomic E-state index is 0.122. The van der Waals surface area contributed by atoms with Gasteiger partial charge >= 0.3 is 11.9 Å². The Morgan fingerprint density at radius 3 is 1.44 bits per heavy atom. The quantitative estimate of drug-likeness (QED) is 0.0415. The van der Waals surface area contributed by atoms with Crippen LogP contribution in [0.2, 0.25) is 0 Å². The molecule has 12 nitrogen and oxygen atoms in total. The van der Waals surface area contributed by atoms with Gasteiger partial charge in [0.05, 0.1) is 41.3 Å². The van der Waals surface area contributed by atoms with Crippen molar-refractivity contribution in [2.45, 2.75) is 233 Å². The van der Waals surface area contributed by atoms with E-state index >= 15 is 0 Å². The van der Waals surface area contributed by atoms with Crippen LogP contribution in [0.1, 0.15) is 227 Å². The summed E-state index contributed by atoms with van der Waals surface area (Å²) >= 11 is 0. The maximum atomic E-state index is 13.4. The lowest BCUT2D eigenvalue weighted by Gasteiger charge is -2.56. The van der Waals surface area contributed by atoms with E-state index in [0.717, 1.165) is 62.5 Å². The molecule has 12 heteroatoms. The van der Waals surface area contributed by atoms with Crippen molar-refractivity contribution in [3.8, 4) is 0 Å². The molecule has 6 rings (SSSR count). The molecule has 4 aromatic rings. The Hall–Kier alpha value is -5.40. The van der Waals surface area contributed by atoms with Gasteiger partial charge < -0.3 is 9.47 Å². The molecule has 2 fully saturated rings. The molecule has 2 aromatic heterocycles. The van der Waals surface area contributed by atoms with Gasteiger partial charge in [-0.25, -0.2) is 4.79 Å². The minimum atomic E-state index is -0.723. The van der Waals surface area contributed by atoms with Crippen molar-refractivity contribution < 1.29 is 38.3 Å². The summed E-state index contributed by atoms with van der Waals surface area (Å²) in [7, 11) is 0. The highest BCUT2D eigenvalue weighted by Gasteiger charge is 2.56. The van der Waals surface area contributed by atoms with Gasteiger partial charge in [-0.15, -0.1) is 0 Å². The summed E-state index contributed by atoms with van der Waals surface area (Å²) in [5.41, 5.74) is 2.72. The average molecular weight is 1120 g/mol. The third-order valence-electron chi connectivity index (χ3n) is 18.1. The summed E-state index contributed by atoms with van der Waals surface area (Å²) in [6, 6.07) is 28.4. The Morgan fingerprint density at radius 2 is 1.02 bits per heavy atom. The topological polar surface area (TPSA) is 137 Å². The van der Waals surface area contributed by atoms with Gasteiger partial charge in [0.1, 0.15) is 17.7 Å². The molecular weight excluding hydrogens is 1010 g/mol. The predicted molar refractivity (Wildman–Crippen MR) is 327 cm³/mol. The van der Waals surface area contributed by atoms with E-state index in [-0.39, 0.29) is 53.4 Å². The number of hydroxylamine groups is 4. The molecule has 2 saturated heterocycles. The number of rotatable bonds is 27. The van der Waals surface area contributed by atoms with Gasteiger partial charge in [0.15, 0.2) is 6.10 Å². The van der Waals surface area contributed by atoms with E-state index < -0.39 is 28.3 Å². The molecule has 0 N–H and O–H groups in total. The highest BCUT2D eigenvalue weighted by atomic mass is 16.7. The Kier molecular flexibility index (Phi) is 27.8. The summed E-state index contributed by atoms with van der Waals surface area (Å²) in [6.07, 6.45) is 18.0. The van der Waals surface area contributed by atoms with E-state index in [1.54, 1.807) is 30.9 Å². The molecular formula is C69H102N4O8. The standard InChI is InChI=1S/C35H52N2O4.C27H43NO4.C7H7N/c1-8-11-23-40-33(39)30(24-26(4)28-15-13-12-14-16-28)17-18-32(29-19-21-36-22-20-29)41-37-34(6,9-2)25-31(38)27(5)35(37,7)10-3;1-8-11-17-31-25(30)24(18-20(4)22-15-13-12-14-16-22)32-28-26(6,9-2)19-23(29)21(5)27(28,7)10-3;1-2-7-3-5-8-6-4-7/h12-16,19-22,26-27,30,32H,8-11,17-18,23-25H2,1-7H3;12-16,20-21,24H,8-11,17-19H2,1-7H3;2-6H,1H2. The van der Waals surface area contributed by atoms with Crippen LogP contribution >= 0.6 is 0 Å². The van der Waals surface area contributed by atoms with Gasteiger partial charge in [-0.2, -0.15) is 10.1 Å². The molecule has 81 heavy (non-hydrogen) atoms. The first-order valence-corrected chi connectivity index (χ1v) is 30.5. The van der Waals surface area contributed by atoms with Crippen LogP contribution in [0.15, 0.2) is 116 Å². The van der Waals surface area contributed by atoms with Crippen LogP contribution in [0.5, 0.6) is 0 Å². The number of pyridine rings is 2. The number of carbonyl (C=O) groups is 4. The normalized spacial score (nSPS) is 24.9. The summed E-state index contributed by atoms with van der Waals surface area (Å²) in [6.45, 7) is 33.8. The maximum absolute atomic E-state index is 13.4. The van der Waals surface area contributed by atoms with E-state index in [2.05, 4.69) is 129 Å². The van der Waals surface area contributed by atoms with Gasteiger partial charge in [-0.05, 0) is 150 Å². The molecule has 2 aliphatic rings. The molecule has 2 aliphatic heterocycles. The third-order valence-corrected chi connectivity index (χ3v) is 18.1. The smallest absolute Gasteiger partial charge is 0.337 e. The molecule has 11 unspecified atom stereocenters. The van der Waals surface area contributed by atoms with Crippen molar-refractivity contribution in [2.24, 2.45) is 17.8 Å². The van der Waals surface area contributed by atoms with Gasteiger partial charge in [-0.3, -0.25) is 34.0 Å². The van der Waals surface area contributed by atoms with Crippen LogP contribution < -0.4 is 0 Å². The highest BCUT2D eigenvalue weighted by molar-refractivity contribution is 5.85. The predicted octanol–water partition coefficient (Wildman–Crippen LogP) is 16.0. The average Bonchev–Trinajstić information content (AvgIpc) is 3.67. The second kappa shape index (κ2) is 33.0. The van der Waals surface area contributed by atoms with Crippen LogP contribution in [0.4, 0.5) is 0 Å². The van der Waals surface area contributed by atoms with Crippen molar-refractivity contribution in [3.05, 3.63) is 139 Å². The first kappa shape index (κ1) is 68.1. The van der Waals surface area contributed by atoms with E-state index in [0.29, 0.717) is 57.5 Å². The number of Topliss-reactive ketones (excluding diaryl/α,β-unsaturated/α-hetero) is 2. The lowest BCUT2D eigenvalue weighted by molar-refractivity contribution is -0.319. The molecule has 0 spiro atoms. The Bertz CT molecular complexity index is 2500. The molecule has 2 aromatic carbocycles.